The second-order valence-electron chi connectivity index (χ2n) is 7.07. The number of aromatic amines is 1. The predicted octanol–water partition coefficient (Wildman–Crippen LogP) is 1.94. The number of carbonyl (C=O) groups is 2. The van der Waals surface area contributed by atoms with Crippen molar-refractivity contribution in [3.05, 3.63) is 28.0 Å². The van der Waals surface area contributed by atoms with Gasteiger partial charge in [-0.3, -0.25) is 9.59 Å². The summed E-state index contributed by atoms with van der Waals surface area (Å²) in [4.78, 5) is 33.6. The van der Waals surface area contributed by atoms with E-state index in [4.69, 9.17) is 0 Å². The van der Waals surface area contributed by atoms with Crippen LogP contribution in [0.25, 0.3) is 0 Å². The van der Waals surface area contributed by atoms with Gasteiger partial charge in [-0.2, -0.15) is 0 Å². The monoisotopic (exact) mass is 439 g/mol. The first-order valence-corrected chi connectivity index (χ1v) is 11.8. The van der Waals surface area contributed by atoms with Gasteiger partial charge in [-0.05, 0) is 33.6 Å². The van der Waals surface area contributed by atoms with Gasteiger partial charge in [0.05, 0.1) is 11.3 Å². The van der Waals surface area contributed by atoms with Crippen molar-refractivity contribution in [2.24, 2.45) is 0 Å². The van der Waals surface area contributed by atoms with Crippen LogP contribution >= 0.6 is 11.3 Å². The van der Waals surface area contributed by atoms with Crippen molar-refractivity contribution < 1.29 is 18.0 Å². The second-order valence-corrected chi connectivity index (χ2v) is 9.63. The summed E-state index contributed by atoms with van der Waals surface area (Å²) in [6.45, 7) is 6.32. The highest BCUT2D eigenvalue weighted by Crippen LogP contribution is 2.26. The lowest BCUT2D eigenvalue weighted by molar-refractivity contribution is -0.116. The molecular weight excluding hydrogens is 414 g/mol. The van der Waals surface area contributed by atoms with Crippen molar-refractivity contribution in [2.75, 3.05) is 25.0 Å². The minimum atomic E-state index is -3.96. The van der Waals surface area contributed by atoms with Gasteiger partial charge < -0.3 is 15.2 Å². The number of H-pyrrole nitrogens is 1. The first-order valence-electron chi connectivity index (χ1n) is 9.39. The first kappa shape index (κ1) is 21.5. The Bertz CT molecular complexity index is 1020. The van der Waals surface area contributed by atoms with E-state index in [-0.39, 0.29) is 35.2 Å². The third-order valence-electron chi connectivity index (χ3n) is 4.70. The van der Waals surface area contributed by atoms with E-state index in [2.05, 4.69) is 20.0 Å². The molecule has 1 saturated heterocycles. The van der Waals surface area contributed by atoms with Crippen LogP contribution in [0.5, 0.6) is 0 Å². The first-order chi connectivity index (χ1) is 13.7. The average Bonchev–Trinajstić information content (AvgIpc) is 3.35. The molecule has 3 N–H and O–H groups in total. The minimum Gasteiger partial charge on any atom is -0.361 e. The van der Waals surface area contributed by atoms with Crippen molar-refractivity contribution in [3.8, 4) is 0 Å². The molecule has 0 aromatic carbocycles. The number of thiazole rings is 1. The molecule has 2 aromatic rings. The van der Waals surface area contributed by atoms with Gasteiger partial charge in [0.2, 0.25) is 15.9 Å². The zero-order valence-corrected chi connectivity index (χ0v) is 18.3. The van der Waals surface area contributed by atoms with E-state index >= 15 is 0 Å². The Morgan fingerprint density at radius 2 is 1.90 bits per heavy atom. The number of anilines is 1. The van der Waals surface area contributed by atoms with Crippen LogP contribution in [0.2, 0.25) is 0 Å². The predicted molar refractivity (Wildman–Crippen MR) is 111 cm³/mol. The number of nitrogens with zero attached hydrogens (tertiary/aromatic N) is 2. The second kappa shape index (κ2) is 8.64. The standard InChI is InChI=1S/C18H25N5O4S2/c1-11-10-28-18(20-11)22-14(24)6-7-19-29(26,27)16-13(3)21-12(2)15(16)17(25)23-8-4-5-9-23/h10,19,21H,4-9H2,1-3H3,(H,20,22,24). The third-order valence-corrected chi connectivity index (χ3v) is 7.21. The fourth-order valence-electron chi connectivity index (χ4n) is 3.39. The highest BCUT2D eigenvalue weighted by atomic mass is 32.2. The Morgan fingerprint density at radius 1 is 1.21 bits per heavy atom. The van der Waals surface area contributed by atoms with Crippen molar-refractivity contribution in [1.82, 2.24) is 19.6 Å². The normalized spacial score (nSPS) is 14.4. The van der Waals surface area contributed by atoms with Crippen LogP contribution in [-0.4, -0.2) is 54.7 Å². The number of carbonyl (C=O) groups excluding carboxylic acids is 2. The zero-order valence-electron chi connectivity index (χ0n) is 16.7. The number of nitrogens with one attached hydrogen (secondary N) is 3. The van der Waals surface area contributed by atoms with Gasteiger partial charge in [0.25, 0.3) is 5.91 Å². The summed E-state index contributed by atoms with van der Waals surface area (Å²) >= 11 is 1.31. The molecule has 0 unspecified atom stereocenters. The Morgan fingerprint density at radius 3 is 2.52 bits per heavy atom. The van der Waals surface area contributed by atoms with E-state index < -0.39 is 10.0 Å². The summed E-state index contributed by atoms with van der Waals surface area (Å²) in [5, 5.41) is 4.93. The molecule has 1 fully saturated rings. The molecule has 11 heteroatoms. The summed E-state index contributed by atoms with van der Waals surface area (Å²) in [6, 6.07) is 0. The van der Waals surface area contributed by atoms with Gasteiger partial charge >= 0.3 is 0 Å². The molecule has 3 rings (SSSR count). The molecule has 0 radical (unpaired) electrons. The summed E-state index contributed by atoms with van der Waals surface area (Å²) in [7, 11) is -3.96. The van der Waals surface area contributed by atoms with Gasteiger partial charge in [0.15, 0.2) is 5.13 Å². The van der Waals surface area contributed by atoms with Crippen LogP contribution in [-0.2, 0) is 14.8 Å². The van der Waals surface area contributed by atoms with Gasteiger partial charge in [-0.1, -0.05) is 0 Å². The highest BCUT2D eigenvalue weighted by molar-refractivity contribution is 7.89. The van der Waals surface area contributed by atoms with E-state index in [1.54, 1.807) is 18.7 Å². The number of aryl methyl sites for hydroxylation is 3. The number of hydrogen-bond donors (Lipinski definition) is 3. The van der Waals surface area contributed by atoms with E-state index in [1.807, 2.05) is 12.3 Å². The van der Waals surface area contributed by atoms with E-state index in [9.17, 15) is 18.0 Å². The molecule has 0 bridgehead atoms. The number of likely N-dealkylation sites (tertiary alicyclic amines) is 1. The Labute approximate surface area is 174 Å². The molecule has 0 aliphatic carbocycles. The van der Waals surface area contributed by atoms with Crippen LogP contribution in [0.1, 0.15) is 46.7 Å². The Kier molecular flexibility index (Phi) is 6.39. The lowest BCUT2D eigenvalue weighted by Crippen LogP contribution is -2.32. The third kappa shape index (κ3) is 4.85. The minimum absolute atomic E-state index is 0.0390. The molecule has 29 heavy (non-hydrogen) atoms. The molecule has 158 valence electrons. The number of amides is 2. The van der Waals surface area contributed by atoms with Crippen molar-refractivity contribution in [2.45, 2.75) is 44.9 Å². The van der Waals surface area contributed by atoms with Crippen molar-refractivity contribution >= 4 is 38.3 Å². The topological polar surface area (TPSA) is 124 Å². The van der Waals surface area contributed by atoms with Gasteiger partial charge in [-0.15, -0.1) is 11.3 Å². The van der Waals surface area contributed by atoms with Crippen LogP contribution in [0.4, 0.5) is 5.13 Å². The van der Waals surface area contributed by atoms with E-state index in [0.717, 1.165) is 18.5 Å². The lowest BCUT2D eigenvalue weighted by atomic mass is 10.2. The molecule has 3 heterocycles. The SMILES string of the molecule is Cc1csc(NC(=O)CCNS(=O)(=O)c2c(C)[nH]c(C)c2C(=O)N2CCCC2)n1. The summed E-state index contributed by atoms with van der Waals surface area (Å²) < 4.78 is 28.3. The number of sulfonamides is 1. The number of aromatic nitrogens is 2. The Balaban J connectivity index is 1.69. The average molecular weight is 440 g/mol. The molecule has 9 nitrogen and oxygen atoms in total. The maximum atomic E-state index is 12.9. The largest absolute Gasteiger partial charge is 0.361 e. The highest BCUT2D eigenvalue weighted by Gasteiger charge is 2.32. The fraction of sp³-hybridized carbons (Fsp3) is 0.500. The van der Waals surface area contributed by atoms with Crippen LogP contribution in [0.3, 0.4) is 0 Å². The molecule has 1 aliphatic rings. The molecule has 2 amide bonds. The number of rotatable bonds is 7. The maximum absolute atomic E-state index is 12.9. The van der Waals surface area contributed by atoms with E-state index in [1.165, 1.54) is 11.3 Å². The molecule has 2 aromatic heterocycles. The Hall–Kier alpha value is -2.24. The van der Waals surface area contributed by atoms with Crippen LogP contribution in [0, 0.1) is 20.8 Å². The van der Waals surface area contributed by atoms with E-state index in [0.29, 0.717) is 29.6 Å². The molecular formula is C18H25N5O4S2. The molecule has 0 atom stereocenters. The molecule has 0 spiro atoms. The number of hydrogen-bond acceptors (Lipinski definition) is 6. The smallest absolute Gasteiger partial charge is 0.257 e. The van der Waals surface area contributed by atoms with Gasteiger partial charge in [-0.25, -0.2) is 18.1 Å². The van der Waals surface area contributed by atoms with Crippen molar-refractivity contribution in [1.29, 1.82) is 0 Å². The maximum Gasteiger partial charge on any atom is 0.257 e. The van der Waals surface area contributed by atoms with Crippen molar-refractivity contribution in [3.63, 3.8) is 0 Å². The summed E-state index contributed by atoms with van der Waals surface area (Å²) in [5.74, 6) is -0.612. The fourth-order valence-corrected chi connectivity index (χ4v) is 5.58. The van der Waals surface area contributed by atoms with Gasteiger partial charge in [0, 0.05) is 42.8 Å². The van der Waals surface area contributed by atoms with Crippen LogP contribution in [0.15, 0.2) is 10.3 Å². The summed E-state index contributed by atoms with van der Waals surface area (Å²) in [5.41, 5.74) is 1.91. The zero-order chi connectivity index (χ0) is 21.2. The molecule has 0 saturated carbocycles. The quantitative estimate of drug-likeness (QED) is 0.608. The van der Waals surface area contributed by atoms with Crippen LogP contribution < -0.4 is 10.0 Å². The van der Waals surface area contributed by atoms with Gasteiger partial charge in [0.1, 0.15) is 4.90 Å². The lowest BCUT2D eigenvalue weighted by Gasteiger charge is -2.17. The molecule has 1 aliphatic heterocycles. The summed E-state index contributed by atoms with van der Waals surface area (Å²) in [6.07, 6.45) is 1.79.